The van der Waals surface area contributed by atoms with E-state index in [0.29, 0.717) is 6.54 Å². The lowest BCUT2D eigenvalue weighted by Crippen LogP contribution is -2.42. The first-order valence-corrected chi connectivity index (χ1v) is 8.06. The van der Waals surface area contributed by atoms with Crippen molar-refractivity contribution in [2.45, 2.75) is 39.2 Å². The molecule has 3 heteroatoms. The van der Waals surface area contributed by atoms with Crippen molar-refractivity contribution in [1.82, 2.24) is 5.32 Å². The van der Waals surface area contributed by atoms with E-state index in [9.17, 15) is 4.79 Å². The predicted octanol–water partition coefficient (Wildman–Crippen LogP) is 2.68. The van der Waals surface area contributed by atoms with Gasteiger partial charge in [-0.1, -0.05) is 43.7 Å². The summed E-state index contributed by atoms with van der Waals surface area (Å²) >= 11 is 0. The normalized spacial score (nSPS) is 10.4. The van der Waals surface area contributed by atoms with Crippen molar-refractivity contribution in [3.05, 3.63) is 66.0 Å². The van der Waals surface area contributed by atoms with Crippen LogP contribution in [0, 0.1) is 0 Å². The fourth-order valence-corrected chi connectivity index (χ4v) is 2.44. The second-order valence-corrected chi connectivity index (χ2v) is 5.57. The second kappa shape index (κ2) is 8.98. The third-order valence-corrected chi connectivity index (χ3v) is 3.63. The highest BCUT2D eigenvalue weighted by Gasteiger charge is 2.08. The average molecular weight is 297 g/mol. The molecule has 116 valence electrons. The molecule has 1 aromatic carbocycles. The summed E-state index contributed by atoms with van der Waals surface area (Å²) in [6, 6.07) is 14.5. The SMILES string of the molecule is CCCc1cc[n+](CC(=O)NCCCc2ccccc2)cc1. The van der Waals surface area contributed by atoms with Crippen molar-refractivity contribution >= 4 is 5.91 Å². The fraction of sp³-hybridized carbons (Fsp3) is 0.368. The van der Waals surface area contributed by atoms with Crippen LogP contribution < -0.4 is 9.88 Å². The highest BCUT2D eigenvalue weighted by atomic mass is 16.1. The summed E-state index contributed by atoms with van der Waals surface area (Å²) < 4.78 is 1.92. The van der Waals surface area contributed by atoms with E-state index in [0.717, 1.165) is 32.2 Å². The van der Waals surface area contributed by atoms with Gasteiger partial charge >= 0.3 is 0 Å². The van der Waals surface area contributed by atoms with Crippen molar-refractivity contribution in [2.24, 2.45) is 0 Å². The Bertz CT molecular complexity index is 564. The van der Waals surface area contributed by atoms with Crippen LogP contribution in [0.15, 0.2) is 54.9 Å². The minimum Gasteiger partial charge on any atom is -0.351 e. The Morgan fingerprint density at radius 2 is 1.68 bits per heavy atom. The highest BCUT2D eigenvalue weighted by molar-refractivity contribution is 5.74. The number of rotatable bonds is 8. The molecule has 0 aliphatic rings. The molecule has 0 aliphatic heterocycles. The van der Waals surface area contributed by atoms with Gasteiger partial charge in [0, 0.05) is 18.7 Å². The van der Waals surface area contributed by atoms with Gasteiger partial charge < -0.3 is 5.32 Å². The van der Waals surface area contributed by atoms with Gasteiger partial charge in [-0.15, -0.1) is 0 Å². The number of nitrogens with one attached hydrogen (secondary N) is 1. The van der Waals surface area contributed by atoms with Crippen LogP contribution in [0.2, 0.25) is 0 Å². The van der Waals surface area contributed by atoms with Crippen LogP contribution in [0.25, 0.3) is 0 Å². The molecule has 1 heterocycles. The second-order valence-electron chi connectivity index (χ2n) is 5.57. The average Bonchev–Trinajstić information content (AvgIpc) is 2.55. The summed E-state index contributed by atoms with van der Waals surface area (Å²) in [4.78, 5) is 11.9. The van der Waals surface area contributed by atoms with Crippen LogP contribution in [0.3, 0.4) is 0 Å². The Hall–Kier alpha value is -2.16. The fourth-order valence-electron chi connectivity index (χ4n) is 2.44. The zero-order chi connectivity index (χ0) is 15.6. The van der Waals surface area contributed by atoms with Crippen LogP contribution in [0.1, 0.15) is 30.9 Å². The number of amides is 1. The van der Waals surface area contributed by atoms with Crippen LogP contribution in [-0.4, -0.2) is 12.5 Å². The summed E-state index contributed by atoms with van der Waals surface area (Å²) in [5, 5.41) is 2.98. The molecule has 3 nitrogen and oxygen atoms in total. The van der Waals surface area contributed by atoms with E-state index >= 15 is 0 Å². The van der Waals surface area contributed by atoms with Crippen molar-refractivity contribution in [3.8, 4) is 0 Å². The molecule has 0 radical (unpaired) electrons. The van der Waals surface area contributed by atoms with Crippen LogP contribution in [-0.2, 0) is 24.2 Å². The molecule has 2 rings (SSSR count). The number of benzene rings is 1. The Kier molecular flexibility index (Phi) is 6.62. The molecule has 22 heavy (non-hydrogen) atoms. The first kappa shape index (κ1) is 16.2. The monoisotopic (exact) mass is 297 g/mol. The maximum atomic E-state index is 11.9. The summed E-state index contributed by atoms with van der Waals surface area (Å²) in [6.07, 6.45) is 8.16. The van der Waals surface area contributed by atoms with Gasteiger partial charge in [0.15, 0.2) is 12.4 Å². The first-order valence-electron chi connectivity index (χ1n) is 8.06. The lowest BCUT2D eigenvalue weighted by molar-refractivity contribution is -0.684. The molecular formula is C19H25N2O+. The van der Waals surface area contributed by atoms with Gasteiger partial charge in [0.2, 0.25) is 6.54 Å². The van der Waals surface area contributed by atoms with Gasteiger partial charge in [0.1, 0.15) is 0 Å². The molecule has 0 saturated heterocycles. The lowest BCUT2D eigenvalue weighted by Gasteiger charge is -2.04. The molecule has 1 amide bonds. The molecule has 0 spiro atoms. The Balaban J connectivity index is 1.67. The minimum absolute atomic E-state index is 0.0707. The number of nitrogens with zero attached hydrogens (tertiary/aromatic N) is 1. The topological polar surface area (TPSA) is 33.0 Å². The van der Waals surface area contributed by atoms with Crippen molar-refractivity contribution in [1.29, 1.82) is 0 Å². The molecule has 1 aromatic heterocycles. The van der Waals surface area contributed by atoms with E-state index in [-0.39, 0.29) is 5.91 Å². The van der Waals surface area contributed by atoms with E-state index < -0.39 is 0 Å². The smallest absolute Gasteiger partial charge is 0.285 e. The maximum Gasteiger partial charge on any atom is 0.285 e. The highest BCUT2D eigenvalue weighted by Crippen LogP contribution is 2.01. The van der Waals surface area contributed by atoms with E-state index in [1.165, 1.54) is 11.1 Å². The first-order chi connectivity index (χ1) is 10.8. The van der Waals surface area contributed by atoms with E-state index in [1.54, 1.807) is 0 Å². The van der Waals surface area contributed by atoms with E-state index in [1.807, 2.05) is 35.2 Å². The van der Waals surface area contributed by atoms with Gasteiger partial charge in [-0.05, 0) is 30.4 Å². The predicted molar refractivity (Wildman–Crippen MR) is 88.4 cm³/mol. The molecule has 0 unspecified atom stereocenters. The lowest BCUT2D eigenvalue weighted by atomic mass is 10.1. The number of carbonyl (C=O) groups excluding carboxylic acids is 1. The summed E-state index contributed by atoms with van der Waals surface area (Å²) in [7, 11) is 0. The summed E-state index contributed by atoms with van der Waals surface area (Å²) in [6.45, 7) is 3.28. The number of carbonyl (C=O) groups is 1. The van der Waals surface area contributed by atoms with Gasteiger partial charge in [-0.25, -0.2) is 0 Å². The zero-order valence-corrected chi connectivity index (χ0v) is 13.3. The Morgan fingerprint density at radius 1 is 1.00 bits per heavy atom. The third-order valence-electron chi connectivity index (χ3n) is 3.63. The molecule has 1 N–H and O–H groups in total. The number of hydrogen-bond donors (Lipinski definition) is 1. The molecule has 0 fully saturated rings. The van der Waals surface area contributed by atoms with Gasteiger partial charge in [-0.3, -0.25) is 4.79 Å². The molecule has 0 atom stereocenters. The summed E-state index contributed by atoms with van der Waals surface area (Å²) in [5.74, 6) is 0.0707. The minimum atomic E-state index is 0.0707. The number of hydrogen-bond acceptors (Lipinski definition) is 1. The largest absolute Gasteiger partial charge is 0.351 e. The standard InChI is InChI=1S/C19H24N2O/c1-2-7-17-11-14-21(15-12-17)16-19(22)20-13-6-10-18-8-4-3-5-9-18/h3-5,8-9,11-12,14-15H,2,6-7,10,13,16H2,1H3/p+1. The van der Waals surface area contributed by atoms with E-state index in [2.05, 4.69) is 36.5 Å². The summed E-state index contributed by atoms with van der Waals surface area (Å²) in [5.41, 5.74) is 2.64. The number of aryl methyl sites for hydroxylation is 2. The quantitative estimate of drug-likeness (QED) is 0.590. The number of aromatic nitrogens is 1. The molecule has 0 saturated carbocycles. The maximum absolute atomic E-state index is 11.9. The van der Waals surface area contributed by atoms with Crippen molar-refractivity contribution in [3.63, 3.8) is 0 Å². The van der Waals surface area contributed by atoms with E-state index in [4.69, 9.17) is 0 Å². The van der Waals surface area contributed by atoms with Gasteiger partial charge in [-0.2, -0.15) is 4.57 Å². The van der Waals surface area contributed by atoms with Crippen LogP contribution in [0.4, 0.5) is 0 Å². The Morgan fingerprint density at radius 3 is 2.36 bits per heavy atom. The Labute approximate surface area is 133 Å². The molecule has 0 bridgehead atoms. The molecular weight excluding hydrogens is 272 g/mol. The van der Waals surface area contributed by atoms with Crippen molar-refractivity contribution in [2.75, 3.05) is 6.54 Å². The van der Waals surface area contributed by atoms with Crippen LogP contribution in [0.5, 0.6) is 0 Å². The van der Waals surface area contributed by atoms with Gasteiger partial charge in [0.25, 0.3) is 5.91 Å². The van der Waals surface area contributed by atoms with Crippen molar-refractivity contribution < 1.29 is 9.36 Å². The zero-order valence-electron chi connectivity index (χ0n) is 13.3. The third kappa shape index (κ3) is 5.68. The number of pyridine rings is 1. The molecule has 2 aromatic rings. The van der Waals surface area contributed by atoms with Gasteiger partial charge in [0.05, 0.1) is 0 Å². The van der Waals surface area contributed by atoms with Crippen LogP contribution >= 0.6 is 0 Å². The molecule has 0 aliphatic carbocycles.